The van der Waals surface area contributed by atoms with E-state index in [0.717, 1.165) is 249 Å². The lowest BCUT2D eigenvalue weighted by Gasteiger charge is -2.53. The molecule has 0 aromatic heterocycles. The van der Waals surface area contributed by atoms with Gasteiger partial charge in [-0.25, -0.2) is 0 Å². The molecule has 0 spiro atoms. The molecule has 0 radical (unpaired) electrons. The Hall–Kier alpha value is -0.260. The molecule has 15 aliphatic rings. The Morgan fingerprint density at radius 3 is 0.678 bits per heavy atom. The van der Waals surface area contributed by atoms with Crippen molar-refractivity contribution in [2.75, 3.05) is 0 Å². The third-order valence-corrected chi connectivity index (χ3v) is 35.1. The lowest BCUT2D eigenvalue weighted by molar-refractivity contribution is -0.0466. The van der Waals surface area contributed by atoms with Crippen molar-refractivity contribution in [3.63, 3.8) is 0 Å². The van der Waals surface area contributed by atoms with Gasteiger partial charge < -0.3 is 0 Å². The zero-order valence-electron chi connectivity index (χ0n) is 65.2. The minimum absolute atomic E-state index is 0.861. The quantitative estimate of drug-likeness (QED) is 0.194. The van der Waals surface area contributed by atoms with E-state index in [-0.39, 0.29) is 0 Å². The fourth-order valence-corrected chi connectivity index (χ4v) is 25.2. The van der Waals surface area contributed by atoms with Gasteiger partial charge in [-0.15, -0.1) is 0 Å². The molecule has 87 heavy (non-hydrogen) atoms. The molecule has 15 aliphatic carbocycles. The first-order chi connectivity index (χ1) is 40.6. The number of allylic oxidation sites excluding steroid dienone is 2. The molecule has 0 aromatic rings. The van der Waals surface area contributed by atoms with Gasteiger partial charge in [0.05, 0.1) is 0 Å². The van der Waals surface area contributed by atoms with Gasteiger partial charge in [0.25, 0.3) is 0 Å². The van der Waals surface area contributed by atoms with Crippen LogP contribution >= 0.6 is 0 Å². The first-order valence-electron chi connectivity index (χ1n) is 40.3. The largest absolute Gasteiger partial charge is 0.0846 e. The Kier molecular flexibility index (Phi) is 27.9. The summed E-state index contributed by atoms with van der Waals surface area (Å²) in [6.45, 7) is 77.4. The summed E-state index contributed by atoms with van der Waals surface area (Å²) in [6.07, 6.45) is 21.1. The number of hydrogen-bond acceptors (Lipinski definition) is 0. The molecule has 510 valence electrons. The van der Waals surface area contributed by atoms with Crippen LogP contribution in [-0.4, -0.2) is 0 Å². The van der Waals surface area contributed by atoms with E-state index in [1.54, 1.807) is 12.8 Å². The van der Waals surface area contributed by atoms with Gasteiger partial charge in [0.1, 0.15) is 0 Å². The van der Waals surface area contributed by atoms with Gasteiger partial charge >= 0.3 is 0 Å². The molecule has 0 aromatic carbocycles. The highest BCUT2D eigenvalue weighted by atomic mass is 14.7. The van der Waals surface area contributed by atoms with Crippen LogP contribution in [0.15, 0.2) is 12.2 Å². The van der Waals surface area contributed by atoms with E-state index in [1.165, 1.54) is 57.8 Å². The molecule has 0 N–H and O–H groups in total. The molecule has 0 saturated heterocycles. The number of rotatable bonds is 4. The van der Waals surface area contributed by atoms with Crippen LogP contribution in [-0.2, 0) is 0 Å². The molecule has 15 rings (SSSR count). The normalized spacial score (nSPS) is 55.0. The highest BCUT2D eigenvalue weighted by Gasteiger charge is 2.67. The lowest BCUT2D eigenvalue weighted by atomic mass is 9.52. The van der Waals surface area contributed by atoms with Gasteiger partial charge in [-0.1, -0.05) is 253 Å². The summed E-state index contributed by atoms with van der Waals surface area (Å²) in [5, 5.41) is 0. The fourth-order valence-electron chi connectivity index (χ4n) is 25.2. The summed E-state index contributed by atoms with van der Waals surface area (Å²) < 4.78 is 0. The van der Waals surface area contributed by atoms with Crippen molar-refractivity contribution in [2.24, 2.45) is 249 Å². The molecular formula is C87H162. The second kappa shape index (κ2) is 32.0. The Morgan fingerprint density at radius 2 is 0.471 bits per heavy atom. The highest BCUT2D eigenvalue weighted by molar-refractivity contribution is 5.15. The van der Waals surface area contributed by atoms with Crippen molar-refractivity contribution in [1.82, 2.24) is 0 Å². The summed E-state index contributed by atoms with van der Waals surface area (Å²) >= 11 is 0. The molecule has 13 fully saturated rings. The second-order valence-electron chi connectivity index (χ2n) is 37.7. The molecule has 0 aliphatic heterocycles. The van der Waals surface area contributed by atoms with Crippen molar-refractivity contribution < 1.29 is 0 Å². The van der Waals surface area contributed by atoms with Crippen LogP contribution in [0.25, 0.3) is 0 Å². The van der Waals surface area contributed by atoms with E-state index in [9.17, 15) is 0 Å². The van der Waals surface area contributed by atoms with Gasteiger partial charge in [0, 0.05) is 0 Å². The molecule has 0 nitrogen and oxygen atoms in total. The summed E-state index contributed by atoms with van der Waals surface area (Å²) in [6, 6.07) is 0. The summed E-state index contributed by atoms with van der Waals surface area (Å²) in [5.41, 5.74) is 0. The Bertz CT molecular complexity index is 1790. The topological polar surface area (TPSA) is 0 Å². The molecule has 13 saturated carbocycles. The third-order valence-electron chi connectivity index (χ3n) is 35.1. The van der Waals surface area contributed by atoms with Crippen molar-refractivity contribution in [3.8, 4) is 0 Å². The maximum absolute atomic E-state index is 2.55. The number of fused-ring (bicyclic) bond motifs is 16. The van der Waals surface area contributed by atoms with Crippen molar-refractivity contribution in [3.05, 3.63) is 12.2 Å². The summed E-state index contributed by atoms with van der Waals surface area (Å²) in [7, 11) is 0. The first-order valence-corrected chi connectivity index (χ1v) is 40.3. The van der Waals surface area contributed by atoms with E-state index in [1.807, 2.05) is 0 Å². The third kappa shape index (κ3) is 15.7. The average molecular weight is 1210 g/mol. The monoisotopic (exact) mass is 1210 g/mol. The summed E-state index contributed by atoms with van der Waals surface area (Å²) in [4.78, 5) is 0. The van der Waals surface area contributed by atoms with Crippen LogP contribution in [0.2, 0.25) is 0 Å². The minimum Gasteiger partial charge on any atom is -0.0846 e. The van der Waals surface area contributed by atoms with E-state index in [0.29, 0.717) is 0 Å². The van der Waals surface area contributed by atoms with Gasteiger partial charge in [0.15, 0.2) is 0 Å². The van der Waals surface area contributed by atoms with Crippen LogP contribution in [0.4, 0.5) is 0 Å². The highest BCUT2D eigenvalue weighted by Crippen LogP contribution is 2.72. The van der Waals surface area contributed by atoms with Crippen molar-refractivity contribution in [2.45, 2.75) is 292 Å². The molecular weight excluding hydrogens is 1040 g/mol. The first kappa shape index (κ1) is 75.8. The van der Waals surface area contributed by atoms with Crippen LogP contribution in [0, 0.1) is 249 Å². The number of hydrogen-bond donors (Lipinski definition) is 0. The van der Waals surface area contributed by atoms with E-state index >= 15 is 0 Å². The Balaban J connectivity index is 0.000000161. The predicted octanol–water partition coefficient (Wildman–Crippen LogP) is 26.4. The SMILES string of the molecule is CC1C(C)C(C)C1C.CC1C(C)C2C=CC1C(C)C2C.CC1C(C)C2CC1C(C)C2C.CC1C(C)C2CC1C1C3CC(C(C)C3C)C21.CC1C(C)C2CCC1C(C)C2C.CC1CC(C)C(C)CC1C.CCC(C)C(C)CC.CCC1C(C)CC(C)C1C. The maximum Gasteiger partial charge on any atom is -0.0176 e. The maximum atomic E-state index is 2.55. The van der Waals surface area contributed by atoms with Crippen LogP contribution in [0.1, 0.15) is 292 Å². The fraction of sp³-hybridized carbons (Fsp3) is 0.977. The zero-order chi connectivity index (χ0) is 65.4. The molecule has 30 atom stereocenters. The van der Waals surface area contributed by atoms with Gasteiger partial charge in [0.2, 0.25) is 0 Å². The molecule has 0 heteroatoms. The van der Waals surface area contributed by atoms with Crippen molar-refractivity contribution >= 4 is 0 Å². The average Bonchev–Trinajstić information content (AvgIpc) is 1.54. The molecule has 0 amide bonds. The molecule has 30 unspecified atom stereocenters. The molecule has 0 heterocycles. The Labute approximate surface area is 549 Å². The van der Waals surface area contributed by atoms with Crippen molar-refractivity contribution in [1.29, 1.82) is 0 Å². The lowest BCUT2D eigenvalue weighted by Crippen LogP contribution is -2.47. The minimum atomic E-state index is 0.861. The van der Waals surface area contributed by atoms with Gasteiger partial charge in [-0.05, 0) is 300 Å². The van der Waals surface area contributed by atoms with Crippen LogP contribution in [0.5, 0.6) is 0 Å². The van der Waals surface area contributed by atoms with E-state index < -0.39 is 0 Å². The van der Waals surface area contributed by atoms with Crippen LogP contribution in [0.3, 0.4) is 0 Å². The van der Waals surface area contributed by atoms with Gasteiger partial charge in [-0.2, -0.15) is 0 Å². The van der Waals surface area contributed by atoms with E-state index in [4.69, 9.17) is 0 Å². The molecule has 10 bridgehead atoms. The van der Waals surface area contributed by atoms with Gasteiger partial charge in [-0.3, -0.25) is 0 Å². The second-order valence-corrected chi connectivity index (χ2v) is 37.7. The standard InChI is InChI=1S/C16H26.C12H22.C12H20.C11H20.2C10H20.C8H16.C8H18/c1-7-8(2)12-5-11(7)15-13-6-14(16(12)15)10(4)9(13)3;2*1-7-8(2)12-6-5-11(7)9(3)10(12)4;1-6-7(2)11-5-10(6)8(3)9(11)4;1-7-5-9(3)10(4)6-8(7)2;1-5-10-8(3)6-7(2)9(10)4;1-5-6(2)8(4)7(5)3;1-5-7(3)8(4)6-2/h7-16H,5-6H2,1-4H3;7-12H,5-6H2,1-4H3;5-12H,1-4H3;6-11H,5H2,1-4H3;2*7-10H,5-6H2,1-4H3;5-8H,1-4H3;7-8H,5-6H2,1-4H3. The zero-order valence-corrected chi connectivity index (χ0v) is 65.2. The Morgan fingerprint density at radius 1 is 0.241 bits per heavy atom. The predicted molar refractivity (Wildman–Crippen MR) is 388 cm³/mol. The smallest absolute Gasteiger partial charge is 0.0176 e. The van der Waals surface area contributed by atoms with E-state index in [2.05, 4.69) is 234 Å². The summed E-state index contributed by atoms with van der Waals surface area (Å²) in [5.74, 6) is 42.0. The van der Waals surface area contributed by atoms with Crippen LogP contribution < -0.4 is 0 Å².